The van der Waals surface area contributed by atoms with Crippen molar-refractivity contribution in [3.63, 3.8) is 0 Å². The number of carbonyl (C=O) groups is 1. The summed E-state index contributed by atoms with van der Waals surface area (Å²) >= 11 is 0. The highest BCUT2D eigenvalue weighted by Crippen LogP contribution is 2.43. The van der Waals surface area contributed by atoms with Crippen molar-refractivity contribution in [2.75, 3.05) is 0 Å². The zero-order valence-corrected chi connectivity index (χ0v) is 17.4. The van der Waals surface area contributed by atoms with Gasteiger partial charge in [0.1, 0.15) is 6.61 Å². The molecule has 3 rings (SSSR count). The predicted octanol–water partition coefficient (Wildman–Crippen LogP) is 5.82. The van der Waals surface area contributed by atoms with E-state index in [4.69, 9.17) is 4.74 Å². The van der Waals surface area contributed by atoms with Gasteiger partial charge in [-0.15, -0.1) is 0 Å². The molecule has 2 saturated heterocycles. The quantitative estimate of drug-likeness (QED) is 0.515. The van der Waals surface area contributed by atoms with Gasteiger partial charge < -0.3 is 14.7 Å². The number of hydrogen-bond acceptors (Lipinski definition) is 3. The van der Waals surface area contributed by atoms with E-state index in [1.807, 2.05) is 35.2 Å². The molecule has 0 spiro atoms. The normalized spacial score (nSPS) is 26.4. The van der Waals surface area contributed by atoms with E-state index in [2.05, 4.69) is 6.92 Å². The fourth-order valence-corrected chi connectivity index (χ4v) is 5.03. The molecule has 0 aliphatic carbocycles. The van der Waals surface area contributed by atoms with Crippen LogP contribution in [-0.4, -0.2) is 33.8 Å². The molecule has 2 fully saturated rings. The van der Waals surface area contributed by atoms with Crippen LogP contribution in [0.5, 0.6) is 0 Å². The highest BCUT2D eigenvalue weighted by atomic mass is 16.6. The van der Waals surface area contributed by atoms with Crippen molar-refractivity contribution in [3.8, 4) is 0 Å². The molecule has 2 heterocycles. The standard InChI is InChI=1S/C24H37NO3/c1-2-3-4-5-6-7-11-16-24(27)17-21-14-15-22(18-24)25(21)23(26)28-19-20-12-9-8-10-13-20/h8-10,12-13,21-22,27H,2-7,11,14-19H2,1H3. The molecular formula is C24H37NO3. The summed E-state index contributed by atoms with van der Waals surface area (Å²) in [6.07, 6.45) is 12.9. The second-order valence-electron chi connectivity index (χ2n) is 8.84. The summed E-state index contributed by atoms with van der Waals surface area (Å²) in [7, 11) is 0. The maximum absolute atomic E-state index is 12.7. The lowest BCUT2D eigenvalue weighted by atomic mass is 9.82. The van der Waals surface area contributed by atoms with E-state index < -0.39 is 5.60 Å². The first-order chi connectivity index (χ1) is 13.6. The van der Waals surface area contributed by atoms with Crippen LogP contribution in [-0.2, 0) is 11.3 Å². The second kappa shape index (κ2) is 10.3. The van der Waals surface area contributed by atoms with Gasteiger partial charge in [0.15, 0.2) is 0 Å². The lowest BCUT2D eigenvalue weighted by molar-refractivity contribution is -0.0554. The summed E-state index contributed by atoms with van der Waals surface area (Å²) in [5.74, 6) is 0. The summed E-state index contributed by atoms with van der Waals surface area (Å²) in [5, 5.41) is 11.1. The third-order valence-corrected chi connectivity index (χ3v) is 6.51. The Bertz CT molecular complexity index is 589. The molecule has 0 saturated carbocycles. The molecule has 4 nitrogen and oxygen atoms in total. The molecule has 2 atom stereocenters. The van der Waals surface area contributed by atoms with Crippen molar-refractivity contribution in [2.24, 2.45) is 0 Å². The number of fused-ring (bicyclic) bond motifs is 2. The first-order valence-corrected chi connectivity index (χ1v) is 11.3. The van der Waals surface area contributed by atoms with Gasteiger partial charge in [-0.3, -0.25) is 0 Å². The number of carbonyl (C=O) groups excluding carboxylic acids is 1. The maximum Gasteiger partial charge on any atom is 0.410 e. The average molecular weight is 388 g/mol. The van der Waals surface area contributed by atoms with Gasteiger partial charge >= 0.3 is 6.09 Å². The topological polar surface area (TPSA) is 49.8 Å². The summed E-state index contributed by atoms with van der Waals surface area (Å²) < 4.78 is 5.57. The van der Waals surface area contributed by atoms with Gasteiger partial charge in [-0.2, -0.15) is 0 Å². The summed E-state index contributed by atoms with van der Waals surface area (Å²) in [6, 6.07) is 10.1. The number of unbranched alkanes of at least 4 members (excludes halogenated alkanes) is 6. The third-order valence-electron chi connectivity index (χ3n) is 6.51. The highest BCUT2D eigenvalue weighted by molar-refractivity contribution is 5.69. The zero-order chi connectivity index (χ0) is 19.8. The molecule has 2 unspecified atom stereocenters. The van der Waals surface area contributed by atoms with E-state index in [9.17, 15) is 9.90 Å². The molecule has 1 N–H and O–H groups in total. The molecule has 4 heteroatoms. The molecular weight excluding hydrogens is 350 g/mol. The molecule has 28 heavy (non-hydrogen) atoms. The average Bonchev–Trinajstić information content (AvgIpc) is 2.98. The summed E-state index contributed by atoms with van der Waals surface area (Å²) in [6.45, 7) is 2.56. The Morgan fingerprint density at radius 2 is 1.64 bits per heavy atom. The van der Waals surface area contributed by atoms with Gasteiger partial charge in [-0.25, -0.2) is 4.79 Å². The van der Waals surface area contributed by atoms with Crippen LogP contribution in [0.3, 0.4) is 0 Å². The number of benzene rings is 1. The number of amides is 1. The van der Waals surface area contributed by atoms with E-state index in [-0.39, 0.29) is 18.2 Å². The van der Waals surface area contributed by atoms with E-state index in [1.54, 1.807) is 0 Å². The molecule has 156 valence electrons. The second-order valence-corrected chi connectivity index (χ2v) is 8.84. The van der Waals surface area contributed by atoms with Crippen LogP contribution in [0.4, 0.5) is 4.79 Å². The molecule has 1 aromatic carbocycles. The lowest BCUT2D eigenvalue weighted by Gasteiger charge is -2.43. The SMILES string of the molecule is CCCCCCCCCC1(O)CC2CCC(C1)N2C(=O)OCc1ccccc1. The fraction of sp³-hybridized carbons (Fsp3) is 0.708. The van der Waals surface area contributed by atoms with Gasteiger partial charge in [0.2, 0.25) is 0 Å². The predicted molar refractivity (Wildman–Crippen MR) is 112 cm³/mol. The van der Waals surface area contributed by atoms with Gasteiger partial charge in [0.25, 0.3) is 0 Å². The number of piperidine rings is 1. The Labute approximate surface area is 170 Å². The first-order valence-electron chi connectivity index (χ1n) is 11.3. The Balaban J connectivity index is 1.42. The van der Waals surface area contributed by atoms with Crippen LogP contribution in [0, 0.1) is 0 Å². The Kier molecular flexibility index (Phi) is 7.78. The van der Waals surface area contributed by atoms with E-state index in [0.29, 0.717) is 19.4 Å². The van der Waals surface area contributed by atoms with Gasteiger partial charge in [-0.1, -0.05) is 82.2 Å². The van der Waals surface area contributed by atoms with Crippen molar-refractivity contribution in [3.05, 3.63) is 35.9 Å². The minimum atomic E-state index is -0.592. The molecule has 2 bridgehead atoms. The van der Waals surface area contributed by atoms with Crippen LogP contribution in [0.2, 0.25) is 0 Å². The maximum atomic E-state index is 12.7. The van der Waals surface area contributed by atoms with Crippen LogP contribution in [0.1, 0.15) is 89.5 Å². The first kappa shape index (κ1) is 21.2. The van der Waals surface area contributed by atoms with Crippen LogP contribution >= 0.6 is 0 Å². The van der Waals surface area contributed by atoms with Crippen molar-refractivity contribution in [2.45, 2.75) is 108 Å². The molecule has 2 aliphatic rings. The van der Waals surface area contributed by atoms with Crippen LogP contribution in [0.15, 0.2) is 30.3 Å². The Hall–Kier alpha value is -1.55. The number of nitrogens with zero attached hydrogens (tertiary/aromatic N) is 1. The van der Waals surface area contributed by atoms with Gasteiger partial charge in [0, 0.05) is 12.1 Å². The van der Waals surface area contributed by atoms with E-state index in [0.717, 1.165) is 31.2 Å². The van der Waals surface area contributed by atoms with Crippen molar-refractivity contribution < 1.29 is 14.6 Å². The molecule has 0 radical (unpaired) electrons. The van der Waals surface area contributed by atoms with Gasteiger partial charge in [-0.05, 0) is 37.7 Å². The third kappa shape index (κ3) is 5.73. The van der Waals surface area contributed by atoms with E-state index >= 15 is 0 Å². The summed E-state index contributed by atoms with van der Waals surface area (Å²) in [5.41, 5.74) is 0.418. The van der Waals surface area contributed by atoms with Gasteiger partial charge in [0.05, 0.1) is 5.60 Å². The number of hydrogen-bond donors (Lipinski definition) is 1. The number of aliphatic hydroxyl groups is 1. The van der Waals surface area contributed by atoms with Crippen molar-refractivity contribution >= 4 is 6.09 Å². The molecule has 1 amide bonds. The number of ether oxygens (including phenoxy) is 1. The lowest BCUT2D eigenvalue weighted by Crippen LogP contribution is -2.53. The molecule has 0 aromatic heterocycles. The largest absolute Gasteiger partial charge is 0.445 e. The Morgan fingerprint density at radius 3 is 2.29 bits per heavy atom. The van der Waals surface area contributed by atoms with Crippen LogP contribution in [0.25, 0.3) is 0 Å². The number of rotatable bonds is 10. The van der Waals surface area contributed by atoms with Crippen LogP contribution < -0.4 is 0 Å². The Morgan fingerprint density at radius 1 is 1.04 bits per heavy atom. The van der Waals surface area contributed by atoms with Crippen molar-refractivity contribution in [1.82, 2.24) is 4.90 Å². The molecule has 2 aliphatic heterocycles. The zero-order valence-electron chi connectivity index (χ0n) is 17.4. The highest BCUT2D eigenvalue weighted by Gasteiger charge is 2.49. The minimum Gasteiger partial charge on any atom is -0.445 e. The smallest absolute Gasteiger partial charge is 0.410 e. The fourth-order valence-electron chi connectivity index (χ4n) is 5.03. The van der Waals surface area contributed by atoms with E-state index in [1.165, 1.54) is 38.5 Å². The monoisotopic (exact) mass is 387 g/mol. The minimum absolute atomic E-state index is 0.136. The molecule has 1 aromatic rings. The van der Waals surface area contributed by atoms with Crippen molar-refractivity contribution in [1.29, 1.82) is 0 Å². The summed E-state index contributed by atoms with van der Waals surface area (Å²) in [4.78, 5) is 14.6.